The zero-order valence-corrected chi connectivity index (χ0v) is 13.2. The first-order chi connectivity index (χ1) is 10.6. The van der Waals surface area contributed by atoms with Gasteiger partial charge >= 0.3 is 0 Å². The minimum atomic E-state index is -0.342. The summed E-state index contributed by atoms with van der Waals surface area (Å²) in [5.41, 5.74) is 2.33. The summed E-state index contributed by atoms with van der Waals surface area (Å²) in [7, 11) is 2.04. The molecule has 2 aliphatic rings. The quantitative estimate of drug-likeness (QED) is 0.829. The van der Waals surface area contributed by atoms with Gasteiger partial charge in [0, 0.05) is 38.6 Å². The molecule has 3 heterocycles. The SMILES string of the molecule is C[C@@H]1CN(C)C[C@H](C(=O)N2CCC=C(c3ccncc3)C2)O1. The Morgan fingerprint density at radius 2 is 2.09 bits per heavy atom. The molecule has 1 aromatic heterocycles. The van der Waals surface area contributed by atoms with Crippen LogP contribution in [-0.4, -0.2) is 66.1 Å². The lowest BCUT2D eigenvalue weighted by atomic mass is 10.0. The third kappa shape index (κ3) is 3.36. The van der Waals surface area contributed by atoms with Crippen molar-refractivity contribution < 1.29 is 9.53 Å². The highest BCUT2D eigenvalue weighted by molar-refractivity contribution is 5.84. The summed E-state index contributed by atoms with van der Waals surface area (Å²) in [6.45, 7) is 5.00. The Labute approximate surface area is 131 Å². The van der Waals surface area contributed by atoms with Gasteiger partial charge in [0.05, 0.1) is 6.10 Å². The van der Waals surface area contributed by atoms with E-state index in [-0.39, 0.29) is 18.1 Å². The molecule has 22 heavy (non-hydrogen) atoms. The van der Waals surface area contributed by atoms with E-state index < -0.39 is 0 Å². The molecule has 0 aromatic carbocycles. The van der Waals surface area contributed by atoms with Gasteiger partial charge in [0.15, 0.2) is 0 Å². The van der Waals surface area contributed by atoms with E-state index in [1.165, 1.54) is 5.57 Å². The molecule has 1 aromatic rings. The van der Waals surface area contributed by atoms with E-state index in [1.54, 1.807) is 12.4 Å². The third-order valence-corrected chi connectivity index (χ3v) is 4.23. The number of ether oxygens (including phenoxy) is 1. The first kappa shape index (κ1) is 15.2. The van der Waals surface area contributed by atoms with Crippen LogP contribution in [0.5, 0.6) is 0 Å². The smallest absolute Gasteiger partial charge is 0.253 e. The number of carbonyl (C=O) groups is 1. The minimum Gasteiger partial charge on any atom is -0.363 e. The highest BCUT2D eigenvalue weighted by Gasteiger charge is 2.32. The van der Waals surface area contributed by atoms with Gasteiger partial charge in [-0.3, -0.25) is 9.78 Å². The monoisotopic (exact) mass is 301 g/mol. The topological polar surface area (TPSA) is 45.7 Å². The number of likely N-dealkylation sites (N-methyl/N-ethyl adjacent to an activating group) is 1. The van der Waals surface area contributed by atoms with E-state index >= 15 is 0 Å². The number of amides is 1. The number of pyridine rings is 1. The van der Waals surface area contributed by atoms with Crippen LogP contribution >= 0.6 is 0 Å². The molecule has 0 radical (unpaired) electrons. The second kappa shape index (κ2) is 6.58. The Hall–Kier alpha value is -1.72. The Bertz CT molecular complexity index is 548. The molecule has 0 aliphatic carbocycles. The van der Waals surface area contributed by atoms with E-state index in [0.29, 0.717) is 13.1 Å². The minimum absolute atomic E-state index is 0.104. The van der Waals surface area contributed by atoms with E-state index in [2.05, 4.69) is 16.0 Å². The Morgan fingerprint density at radius 3 is 2.82 bits per heavy atom. The molecule has 3 rings (SSSR count). The fraction of sp³-hybridized carbons (Fsp3) is 0.529. The van der Waals surface area contributed by atoms with Crippen LogP contribution in [0.25, 0.3) is 5.57 Å². The summed E-state index contributed by atoms with van der Waals surface area (Å²) < 4.78 is 5.85. The zero-order valence-electron chi connectivity index (χ0n) is 13.2. The summed E-state index contributed by atoms with van der Waals surface area (Å²) in [6.07, 6.45) is 6.45. The first-order valence-electron chi connectivity index (χ1n) is 7.85. The Balaban J connectivity index is 1.68. The van der Waals surface area contributed by atoms with E-state index in [1.807, 2.05) is 31.0 Å². The average molecular weight is 301 g/mol. The van der Waals surface area contributed by atoms with Crippen molar-refractivity contribution in [3.63, 3.8) is 0 Å². The molecule has 5 nitrogen and oxygen atoms in total. The molecule has 2 atom stereocenters. The molecule has 1 amide bonds. The lowest BCUT2D eigenvalue weighted by Crippen LogP contribution is -2.53. The van der Waals surface area contributed by atoms with Gasteiger partial charge in [-0.2, -0.15) is 0 Å². The molecule has 0 spiro atoms. The van der Waals surface area contributed by atoms with Crippen LogP contribution in [0.4, 0.5) is 0 Å². The van der Waals surface area contributed by atoms with Crippen molar-refractivity contribution in [2.45, 2.75) is 25.6 Å². The van der Waals surface area contributed by atoms with Crippen LogP contribution in [-0.2, 0) is 9.53 Å². The second-order valence-electron chi connectivity index (χ2n) is 6.17. The predicted molar refractivity (Wildman–Crippen MR) is 85.2 cm³/mol. The number of rotatable bonds is 2. The van der Waals surface area contributed by atoms with Gasteiger partial charge in [0.25, 0.3) is 5.91 Å². The molecule has 0 bridgehead atoms. The van der Waals surface area contributed by atoms with Crippen molar-refractivity contribution in [3.8, 4) is 0 Å². The summed E-state index contributed by atoms with van der Waals surface area (Å²) in [4.78, 5) is 20.9. The van der Waals surface area contributed by atoms with Crippen LogP contribution in [0, 0.1) is 0 Å². The summed E-state index contributed by atoms with van der Waals surface area (Å²) in [5.74, 6) is 0.109. The maximum atomic E-state index is 12.8. The lowest BCUT2D eigenvalue weighted by Gasteiger charge is -2.37. The predicted octanol–water partition coefficient (Wildman–Crippen LogP) is 1.42. The zero-order chi connectivity index (χ0) is 15.5. The van der Waals surface area contributed by atoms with Crippen molar-refractivity contribution in [1.82, 2.24) is 14.8 Å². The maximum absolute atomic E-state index is 12.8. The van der Waals surface area contributed by atoms with Crippen molar-refractivity contribution >= 4 is 11.5 Å². The number of hydrogen-bond donors (Lipinski definition) is 0. The van der Waals surface area contributed by atoms with Crippen LogP contribution in [0.15, 0.2) is 30.6 Å². The standard InChI is InChI=1S/C17H23N3O2/c1-13-10-19(2)12-16(22-13)17(21)20-9-3-4-15(11-20)14-5-7-18-8-6-14/h4-8,13,16H,3,9-12H2,1-2H3/t13-,16-/m1/s1. The van der Waals surface area contributed by atoms with Crippen molar-refractivity contribution in [3.05, 3.63) is 36.2 Å². The average Bonchev–Trinajstić information content (AvgIpc) is 2.54. The van der Waals surface area contributed by atoms with E-state index in [9.17, 15) is 4.79 Å². The van der Waals surface area contributed by atoms with Gasteiger partial charge < -0.3 is 14.5 Å². The molecule has 0 saturated carbocycles. The summed E-state index contributed by atoms with van der Waals surface area (Å²) >= 11 is 0. The van der Waals surface area contributed by atoms with Crippen molar-refractivity contribution in [1.29, 1.82) is 0 Å². The van der Waals surface area contributed by atoms with Gasteiger partial charge in [-0.15, -0.1) is 0 Å². The fourth-order valence-corrected chi connectivity index (χ4v) is 3.21. The van der Waals surface area contributed by atoms with Crippen molar-refractivity contribution in [2.75, 3.05) is 33.2 Å². The molecular formula is C17H23N3O2. The number of aromatic nitrogens is 1. The fourth-order valence-electron chi connectivity index (χ4n) is 3.21. The number of nitrogens with zero attached hydrogens (tertiary/aromatic N) is 3. The largest absolute Gasteiger partial charge is 0.363 e. The molecule has 5 heteroatoms. The molecule has 2 aliphatic heterocycles. The Kier molecular flexibility index (Phi) is 4.55. The second-order valence-corrected chi connectivity index (χ2v) is 6.17. The summed E-state index contributed by atoms with van der Waals surface area (Å²) in [6, 6.07) is 3.99. The number of carbonyl (C=O) groups excluding carboxylic acids is 1. The van der Waals surface area contributed by atoms with E-state index in [4.69, 9.17) is 4.74 Å². The molecular weight excluding hydrogens is 278 g/mol. The highest BCUT2D eigenvalue weighted by atomic mass is 16.5. The van der Waals surface area contributed by atoms with Gasteiger partial charge in [-0.05, 0) is 43.7 Å². The van der Waals surface area contributed by atoms with Gasteiger partial charge in [0.2, 0.25) is 0 Å². The lowest BCUT2D eigenvalue weighted by molar-refractivity contribution is -0.154. The molecule has 1 fully saturated rings. The van der Waals surface area contributed by atoms with Crippen molar-refractivity contribution in [2.24, 2.45) is 0 Å². The molecule has 118 valence electrons. The molecule has 0 N–H and O–H groups in total. The van der Waals surface area contributed by atoms with Crippen LogP contribution in [0.3, 0.4) is 0 Å². The van der Waals surface area contributed by atoms with Gasteiger partial charge in [-0.1, -0.05) is 6.08 Å². The third-order valence-electron chi connectivity index (χ3n) is 4.23. The van der Waals surface area contributed by atoms with Crippen LogP contribution in [0.2, 0.25) is 0 Å². The van der Waals surface area contributed by atoms with E-state index in [0.717, 1.165) is 25.1 Å². The normalized spacial score (nSPS) is 26.6. The van der Waals surface area contributed by atoms with Crippen LogP contribution in [0.1, 0.15) is 18.9 Å². The number of hydrogen-bond acceptors (Lipinski definition) is 4. The summed E-state index contributed by atoms with van der Waals surface area (Å²) in [5, 5.41) is 0. The Morgan fingerprint density at radius 1 is 1.32 bits per heavy atom. The maximum Gasteiger partial charge on any atom is 0.253 e. The first-order valence-corrected chi connectivity index (χ1v) is 7.85. The van der Waals surface area contributed by atoms with Crippen LogP contribution < -0.4 is 0 Å². The highest BCUT2D eigenvalue weighted by Crippen LogP contribution is 2.22. The molecule has 0 unspecified atom stereocenters. The molecule has 1 saturated heterocycles. The van der Waals surface area contributed by atoms with Gasteiger partial charge in [0.1, 0.15) is 6.10 Å². The van der Waals surface area contributed by atoms with Gasteiger partial charge in [-0.25, -0.2) is 0 Å². The number of morpholine rings is 1.